The molecular weight excluding hydrogens is 1280 g/mol. The first-order valence-corrected chi connectivity index (χ1v) is 35.0. The number of rotatable bonds is 0. The molecule has 1 radical (unpaired) electrons. The summed E-state index contributed by atoms with van der Waals surface area (Å²) < 4.78 is 7.93. The molecule has 0 saturated carbocycles. The summed E-state index contributed by atoms with van der Waals surface area (Å²) in [7, 11) is 6.16. The smallest absolute Gasteiger partial charge is 0 e. The topological polar surface area (TPSA) is 50.2 Å². The Labute approximate surface area is 606 Å². The molecule has 0 N–H and O–H groups in total. The molecule has 4 aliphatic heterocycles. The van der Waals surface area contributed by atoms with E-state index in [9.17, 15) is 0 Å². The third-order valence-corrected chi connectivity index (χ3v) is 17.1. The minimum Gasteiger partial charge on any atom is 0 e. The van der Waals surface area contributed by atoms with E-state index in [2.05, 4.69) is 293 Å². The van der Waals surface area contributed by atoms with Crippen LogP contribution in [0.1, 0.15) is 197 Å². The predicted molar refractivity (Wildman–Crippen MR) is 407 cm³/mol. The first-order chi connectivity index (χ1) is 43.1. The summed E-state index contributed by atoms with van der Waals surface area (Å²) in [6.07, 6.45) is 5.51. The Hall–Kier alpha value is -5.36. The monoisotopic (exact) mass is 1400 g/mol. The molecule has 6 heterocycles. The van der Waals surface area contributed by atoms with Crippen LogP contribution >= 0.6 is 0 Å². The summed E-state index contributed by atoms with van der Waals surface area (Å²) in [5.41, 5.74) is 24.7. The van der Waals surface area contributed by atoms with Crippen molar-refractivity contribution >= 4 is 67.7 Å². The van der Waals surface area contributed by atoms with E-state index in [-0.39, 0.29) is 33.4 Å². The van der Waals surface area contributed by atoms with Crippen LogP contribution in [-0.2, 0) is 109 Å². The van der Waals surface area contributed by atoms with Crippen LogP contribution in [0.3, 0.4) is 0 Å². The summed E-state index contributed by atoms with van der Waals surface area (Å²) in [4.78, 5) is 15.5. The van der Waals surface area contributed by atoms with Crippen molar-refractivity contribution in [2.45, 2.75) is 192 Å². The van der Waals surface area contributed by atoms with Gasteiger partial charge in [-0.25, -0.2) is 0 Å². The SMILES string of the molecule is C.C.C=C1c2cc(C)ccc2C[C](=[V])N1C.C=c1[c](=[V])c2cc(C)ccc2c(=C)n1C.CC.CC.CC.CC.CC.CC.CC1=NCCc2cc(C)ccc21.CC1=NCCc2ccc(C)cc21.CC1=Nc2cc(C)ccc2CC1.Cc1ccc2c(cc[c](=[V])n2C)c1.[V]. The van der Waals surface area contributed by atoms with Crippen molar-refractivity contribution in [3.8, 4) is 0 Å². The molecule has 0 fully saturated rings. The molecule has 0 aliphatic carbocycles. The third kappa shape index (κ3) is 27.4. The molecule has 6 aromatic carbocycles. The van der Waals surface area contributed by atoms with Gasteiger partial charge < -0.3 is 0 Å². The summed E-state index contributed by atoms with van der Waals surface area (Å²) in [5, 5.41) is 5.77. The average molecular weight is 1410 g/mol. The van der Waals surface area contributed by atoms with Crippen LogP contribution in [-0.4, -0.2) is 55.7 Å². The van der Waals surface area contributed by atoms with Gasteiger partial charge in [-0.2, -0.15) is 0 Å². The van der Waals surface area contributed by atoms with Gasteiger partial charge in [0.2, 0.25) is 0 Å². The maximum absolute atomic E-state index is 4.52. The van der Waals surface area contributed by atoms with E-state index in [0.29, 0.717) is 0 Å². The first kappa shape index (κ1) is 91.8. The van der Waals surface area contributed by atoms with E-state index in [1.54, 1.807) is 0 Å². The molecule has 0 saturated heterocycles. The molecule has 0 amide bonds. The maximum Gasteiger partial charge on any atom is 0 e. The second-order valence-electron chi connectivity index (χ2n) is 21.2. The first-order valence-electron chi connectivity index (χ1n) is 32.9. The van der Waals surface area contributed by atoms with Crippen LogP contribution in [0.15, 0.2) is 143 Å². The quantitative estimate of drug-likeness (QED) is 0.149. The van der Waals surface area contributed by atoms with Gasteiger partial charge in [0.05, 0.1) is 5.69 Å². The minimum atomic E-state index is 0. The molecule has 10 heteroatoms. The summed E-state index contributed by atoms with van der Waals surface area (Å²) in [6, 6.07) is 43.6. The van der Waals surface area contributed by atoms with Crippen LogP contribution in [0.5, 0.6) is 0 Å². The Morgan fingerprint density at radius 2 is 0.871 bits per heavy atom. The van der Waals surface area contributed by atoms with Crippen molar-refractivity contribution in [2.24, 2.45) is 29.1 Å². The number of hydrogen-bond acceptors (Lipinski definition) is 4. The van der Waals surface area contributed by atoms with Crippen LogP contribution in [0.4, 0.5) is 5.69 Å². The number of benzene rings is 6. The maximum atomic E-state index is 4.52. The number of pyridine rings is 2. The normalized spacial score (nSPS) is 11.9. The third-order valence-electron chi connectivity index (χ3n) is 14.9. The molecule has 0 bridgehead atoms. The van der Waals surface area contributed by atoms with E-state index in [1.165, 1.54) is 129 Å². The Bertz CT molecular complexity index is 3950. The molecule has 6 nitrogen and oxygen atoms in total. The molecule has 0 unspecified atom stereocenters. The van der Waals surface area contributed by atoms with E-state index in [4.69, 9.17) is 0 Å². The number of aromatic nitrogens is 2. The number of aryl methyl sites for hydroxylation is 8. The zero-order chi connectivity index (χ0) is 68.5. The Balaban J connectivity index is -0.00000101. The standard InChI is InChI=1S/C13H13N.C12H13N.3C11H13N.C11H11N.6C2H6.2CH4.4V/c1-9-5-6-13-11(3)14(4)10(2)8-12(13)7-9;1-9-4-5-11-6-7-13(3)10(2)12(11)8-9;1-8-3-5-10-6-4-9(2)12-11(10)7-8;1-8-3-4-11-9(2)12-6-5-10(11)7-8;1-8-3-4-10-5-6-12-9(2)11(10)7-8;1-9-5-6-11-10(8-9)4-3-7-12(11)2;6*1-2;;;;;;/h5-7H,2-3H2,1,4H3;4-5,8H,2,6H2,1,3H3;3,5,7H,4,6H2,1-2H3;2*3-4,7H,5-6H2,1-2H3;3-6,8H,1-2H3;6*1-2H3;2*1H4;;;;. The Morgan fingerprint density at radius 1 is 0.409 bits per heavy atom. The van der Waals surface area contributed by atoms with Gasteiger partial charge in [0.25, 0.3) is 0 Å². The zero-order valence-corrected chi connectivity index (χ0v) is 66.2. The number of nitrogens with zero attached hydrogens (tertiary/aromatic N) is 6. The number of fused-ring (bicyclic) bond motifs is 6. The van der Waals surface area contributed by atoms with Gasteiger partial charge in [-0.3, -0.25) is 15.0 Å². The van der Waals surface area contributed by atoms with Crippen LogP contribution in [0.25, 0.3) is 40.5 Å². The van der Waals surface area contributed by atoms with Gasteiger partial charge >= 0.3 is 278 Å². The number of likely N-dealkylation sites (N-methyl/N-ethyl adjacent to an activating group) is 1. The molecule has 502 valence electrons. The van der Waals surface area contributed by atoms with Crippen molar-refractivity contribution < 1.29 is 69.5 Å². The Morgan fingerprint density at radius 3 is 1.46 bits per heavy atom. The van der Waals surface area contributed by atoms with E-state index in [1.807, 2.05) is 94.7 Å². The number of hydrogen-bond donors (Lipinski definition) is 0. The van der Waals surface area contributed by atoms with Gasteiger partial charge in [-0.05, 0) is 113 Å². The molecule has 4 aliphatic rings. The van der Waals surface area contributed by atoms with E-state index in [0.717, 1.165) is 61.6 Å². The summed E-state index contributed by atoms with van der Waals surface area (Å²) in [5.74, 6) is 0. The van der Waals surface area contributed by atoms with Gasteiger partial charge in [0.15, 0.2) is 0 Å². The fraction of sp³-hybridized carbons (Fsp3) is 0.398. The van der Waals surface area contributed by atoms with Crippen LogP contribution in [0.2, 0.25) is 0 Å². The largest absolute Gasteiger partial charge is 0 e. The molecule has 12 rings (SSSR count). The molecule has 93 heavy (non-hydrogen) atoms. The number of aliphatic imine (C=N–C) groups is 3. The second-order valence-corrected chi connectivity index (χ2v) is 23.4. The van der Waals surface area contributed by atoms with E-state index >= 15 is 0 Å². The summed E-state index contributed by atoms with van der Waals surface area (Å²) in [6.45, 7) is 57.2. The molecule has 0 spiro atoms. The van der Waals surface area contributed by atoms with Gasteiger partial charge in [0.1, 0.15) is 0 Å². The fourth-order valence-electron chi connectivity index (χ4n) is 9.97. The Kier molecular flexibility index (Phi) is 47.7. The summed E-state index contributed by atoms with van der Waals surface area (Å²) >= 11 is 7.82. The van der Waals surface area contributed by atoms with Crippen LogP contribution < -0.4 is 10.7 Å². The molecule has 2 aromatic heterocycles. The molecular formula is C83H120N6V4. The molecule has 0 atom stereocenters. The second kappa shape index (κ2) is 48.3. The predicted octanol–water partition coefficient (Wildman–Crippen LogP) is 21.3. The fourth-order valence-corrected chi connectivity index (χ4v) is 11.2. The van der Waals surface area contributed by atoms with Crippen molar-refractivity contribution in [1.29, 1.82) is 0 Å². The van der Waals surface area contributed by atoms with Gasteiger partial charge in [-0.15, -0.1) is 0 Å². The average Bonchev–Trinajstić information content (AvgIpc) is 1.04. The van der Waals surface area contributed by atoms with Gasteiger partial charge in [0, 0.05) is 48.8 Å². The van der Waals surface area contributed by atoms with Crippen molar-refractivity contribution in [2.75, 3.05) is 20.1 Å². The zero-order valence-electron chi connectivity index (χ0n) is 60.6. The van der Waals surface area contributed by atoms with Crippen LogP contribution in [0, 0.1) is 49.4 Å². The van der Waals surface area contributed by atoms with Crippen molar-refractivity contribution in [1.82, 2.24) is 14.0 Å². The van der Waals surface area contributed by atoms with Crippen molar-refractivity contribution in [3.05, 3.63) is 219 Å². The minimum absolute atomic E-state index is 0. The van der Waals surface area contributed by atoms with Crippen molar-refractivity contribution in [3.63, 3.8) is 0 Å². The molecule has 8 aromatic rings. The van der Waals surface area contributed by atoms with E-state index < -0.39 is 0 Å². The van der Waals surface area contributed by atoms with Gasteiger partial charge in [-0.1, -0.05) is 152 Å².